The Balaban J connectivity index is 2.68. The minimum Gasteiger partial charge on any atom is -0.384 e. The zero-order chi connectivity index (χ0) is 15.0. The number of rotatable bonds is 3. The fourth-order valence-electron chi connectivity index (χ4n) is 2.33. The molecule has 6 heteroatoms. The van der Waals surface area contributed by atoms with Gasteiger partial charge in [-0.25, -0.2) is 13.5 Å². The normalized spacial score (nSPS) is 10.8. The first-order valence-corrected chi connectivity index (χ1v) is 6.25. The number of benzene rings is 1. The van der Waals surface area contributed by atoms with E-state index in [-0.39, 0.29) is 17.1 Å². The van der Waals surface area contributed by atoms with Crippen LogP contribution in [0.3, 0.4) is 0 Å². The molecule has 2 aromatic rings. The van der Waals surface area contributed by atoms with Crippen molar-refractivity contribution >= 4 is 5.84 Å². The van der Waals surface area contributed by atoms with Crippen LogP contribution in [-0.2, 0) is 6.42 Å². The fraction of sp³-hybridized carbons (Fsp3) is 0.286. The Labute approximate surface area is 115 Å². The number of halogens is 2. The molecule has 0 saturated heterocycles. The molecule has 0 aliphatic heterocycles. The Bertz CT molecular complexity index is 666. The Morgan fingerprint density at radius 2 is 1.85 bits per heavy atom. The average Bonchev–Trinajstić information content (AvgIpc) is 2.63. The number of hydrogen-bond acceptors (Lipinski definition) is 2. The van der Waals surface area contributed by atoms with Crippen molar-refractivity contribution in [3.8, 4) is 5.69 Å². The van der Waals surface area contributed by atoms with Gasteiger partial charge in [-0.1, -0.05) is 6.92 Å². The number of aryl methyl sites for hydroxylation is 1. The van der Waals surface area contributed by atoms with E-state index in [0.29, 0.717) is 5.69 Å². The molecule has 0 amide bonds. The van der Waals surface area contributed by atoms with Crippen LogP contribution in [0.4, 0.5) is 8.78 Å². The number of nitrogens with one attached hydrogen (secondary N) is 1. The smallest absolute Gasteiger partial charge is 0.152 e. The number of nitrogens with two attached hydrogens (primary N) is 1. The van der Waals surface area contributed by atoms with Crippen LogP contribution in [0.25, 0.3) is 5.69 Å². The van der Waals surface area contributed by atoms with E-state index < -0.39 is 11.6 Å². The van der Waals surface area contributed by atoms with Gasteiger partial charge in [-0.3, -0.25) is 5.41 Å². The molecular weight excluding hydrogens is 262 g/mol. The van der Waals surface area contributed by atoms with Crippen LogP contribution in [0.2, 0.25) is 0 Å². The first-order chi connectivity index (χ1) is 9.36. The van der Waals surface area contributed by atoms with Gasteiger partial charge in [-0.2, -0.15) is 5.10 Å². The van der Waals surface area contributed by atoms with Crippen LogP contribution in [0.5, 0.6) is 0 Å². The van der Waals surface area contributed by atoms with E-state index in [2.05, 4.69) is 5.10 Å². The lowest BCUT2D eigenvalue weighted by atomic mass is 10.1. The molecule has 0 atom stereocenters. The Kier molecular flexibility index (Phi) is 3.57. The number of nitrogens with zero attached hydrogens (tertiary/aromatic N) is 2. The van der Waals surface area contributed by atoms with E-state index in [0.717, 1.165) is 29.8 Å². The van der Waals surface area contributed by atoms with Crippen molar-refractivity contribution < 1.29 is 8.78 Å². The van der Waals surface area contributed by atoms with Gasteiger partial charge in [0.1, 0.15) is 11.5 Å². The maximum atomic E-state index is 14.1. The second-order valence-electron chi connectivity index (χ2n) is 4.62. The SMILES string of the molecule is CCc1c(C)nn(-c2c(F)cc(C(=N)N)cc2F)c1C. The number of aromatic nitrogens is 2. The summed E-state index contributed by atoms with van der Waals surface area (Å²) < 4.78 is 29.5. The standard InChI is InChI=1S/C14H16F2N4/c1-4-10-7(2)19-20(8(10)3)13-11(15)5-9(14(17)18)6-12(13)16/h5-6H,4H2,1-3H3,(H3,17,18). The summed E-state index contributed by atoms with van der Waals surface area (Å²) >= 11 is 0. The third-order valence-electron chi connectivity index (χ3n) is 3.33. The van der Waals surface area contributed by atoms with E-state index in [4.69, 9.17) is 11.1 Å². The van der Waals surface area contributed by atoms with Gasteiger partial charge in [0.15, 0.2) is 11.6 Å². The van der Waals surface area contributed by atoms with Gasteiger partial charge in [0.25, 0.3) is 0 Å². The van der Waals surface area contributed by atoms with Gasteiger partial charge < -0.3 is 5.73 Å². The molecule has 1 aromatic heterocycles. The van der Waals surface area contributed by atoms with Crippen molar-refractivity contribution in [3.63, 3.8) is 0 Å². The summed E-state index contributed by atoms with van der Waals surface area (Å²) in [6, 6.07) is 2.09. The van der Waals surface area contributed by atoms with Crippen molar-refractivity contribution in [1.29, 1.82) is 5.41 Å². The molecule has 4 nitrogen and oxygen atoms in total. The molecule has 0 bridgehead atoms. The van der Waals surface area contributed by atoms with Gasteiger partial charge in [0.05, 0.1) is 5.69 Å². The molecule has 0 aliphatic carbocycles. The van der Waals surface area contributed by atoms with Gasteiger partial charge >= 0.3 is 0 Å². The van der Waals surface area contributed by atoms with Crippen LogP contribution >= 0.6 is 0 Å². The van der Waals surface area contributed by atoms with Gasteiger partial charge in [0.2, 0.25) is 0 Å². The molecule has 106 valence electrons. The second-order valence-corrected chi connectivity index (χ2v) is 4.62. The largest absolute Gasteiger partial charge is 0.384 e. The molecule has 2 rings (SSSR count). The zero-order valence-electron chi connectivity index (χ0n) is 11.6. The minimum atomic E-state index is -0.788. The molecule has 3 N–H and O–H groups in total. The quantitative estimate of drug-likeness (QED) is 0.669. The van der Waals surface area contributed by atoms with Gasteiger partial charge in [-0.05, 0) is 38.0 Å². The second kappa shape index (κ2) is 5.03. The van der Waals surface area contributed by atoms with Crippen LogP contribution in [0.15, 0.2) is 12.1 Å². The molecule has 0 radical (unpaired) electrons. The number of nitrogen functional groups attached to an aromatic ring is 1. The molecular formula is C14H16F2N4. The van der Waals surface area contributed by atoms with E-state index in [9.17, 15) is 8.78 Å². The van der Waals surface area contributed by atoms with Crippen LogP contribution in [0, 0.1) is 30.9 Å². The van der Waals surface area contributed by atoms with Gasteiger partial charge in [0, 0.05) is 11.3 Å². The Morgan fingerprint density at radius 3 is 2.25 bits per heavy atom. The lowest BCUT2D eigenvalue weighted by Gasteiger charge is -2.09. The first kappa shape index (κ1) is 14.2. The summed E-state index contributed by atoms with van der Waals surface area (Å²) in [5.41, 5.74) is 7.45. The highest BCUT2D eigenvalue weighted by Crippen LogP contribution is 2.24. The predicted molar refractivity (Wildman–Crippen MR) is 73.3 cm³/mol. The van der Waals surface area contributed by atoms with E-state index in [1.165, 1.54) is 4.68 Å². The highest BCUT2D eigenvalue weighted by molar-refractivity contribution is 5.95. The number of amidine groups is 1. The highest BCUT2D eigenvalue weighted by atomic mass is 19.1. The maximum absolute atomic E-state index is 14.1. The van der Waals surface area contributed by atoms with E-state index in [1.807, 2.05) is 13.8 Å². The molecule has 0 saturated carbocycles. The van der Waals surface area contributed by atoms with E-state index in [1.54, 1.807) is 6.92 Å². The molecule has 1 heterocycles. The van der Waals surface area contributed by atoms with Crippen LogP contribution in [0.1, 0.15) is 29.4 Å². The lowest BCUT2D eigenvalue weighted by Crippen LogP contribution is -2.14. The summed E-state index contributed by atoms with van der Waals surface area (Å²) in [6.45, 7) is 5.55. The third-order valence-corrected chi connectivity index (χ3v) is 3.33. The van der Waals surface area contributed by atoms with Gasteiger partial charge in [-0.15, -0.1) is 0 Å². The molecule has 1 aromatic carbocycles. The topological polar surface area (TPSA) is 67.7 Å². The highest BCUT2D eigenvalue weighted by Gasteiger charge is 2.19. The van der Waals surface area contributed by atoms with Crippen molar-refractivity contribution in [3.05, 3.63) is 46.3 Å². The summed E-state index contributed by atoms with van der Waals surface area (Å²) in [5.74, 6) is -1.95. The molecule has 20 heavy (non-hydrogen) atoms. The van der Waals surface area contributed by atoms with Crippen molar-refractivity contribution in [1.82, 2.24) is 9.78 Å². The average molecular weight is 278 g/mol. The Morgan fingerprint density at radius 1 is 1.30 bits per heavy atom. The monoisotopic (exact) mass is 278 g/mol. The fourth-order valence-corrected chi connectivity index (χ4v) is 2.33. The van der Waals surface area contributed by atoms with Crippen LogP contribution in [-0.4, -0.2) is 15.6 Å². The number of hydrogen-bond donors (Lipinski definition) is 2. The molecule has 0 unspecified atom stereocenters. The summed E-state index contributed by atoms with van der Waals surface area (Å²) in [7, 11) is 0. The summed E-state index contributed by atoms with van der Waals surface area (Å²) in [5, 5.41) is 11.4. The van der Waals surface area contributed by atoms with Crippen LogP contribution < -0.4 is 5.73 Å². The van der Waals surface area contributed by atoms with Crippen molar-refractivity contribution in [2.24, 2.45) is 5.73 Å². The van der Waals surface area contributed by atoms with Crippen molar-refractivity contribution in [2.45, 2.75) is 27.2 Å². The lowest BCUT2D eigenvalue weighted by molar-refractivity contribution is 0.556. The molecule has 0 fully saturated rings. The first-order valence-electron chi connectivity index (χ1n) is 6.25. The van der Waals surface area contributed by atoms with E-state index >= 15 is 0 Å². The zero-order valence-corrected chi connectivity index (χ0v) is 11.6. The molecule has 0 spiro atoms. The predicted octanol–water partition coefficient (Wildman–Crippen LogP) is 2.61. The summed E-state index contributed by atoms with van der Waals surface area (Å²) in [4.78, 5) is 0. The van der Waals surface area contributed by atoms with Crippen molar-refractivity contribution in [2.75, 3.05) is 0 Å². The maximum Gasteiger partial charge on any atom is 0.152 e. The minimum absolute atomic E-state index is 0.0148. The Hall–Kier alpha value is -2.24. The summed E-state index contributed by atoms with van der Waals surface area (Å²) in [6.07, 6.45) is 0.742. The molecule has 0 aliphatic rings. The third kappa shape index (κ3) is 2.17.